The smallest absolute Gasteiger partial charge is 0.324 e. The first-order chi connectivity index (χ1) is 9.69. The van der Waals surface area contributed by atoms with Crippen LogP contribution in [0.15, 0.2) is 0 Å². The zero-order valence-corrected chi connectivity index (χ0v) is 11.9. The Morgan fingerprint density at radius 2 is 1.55 bits per heavy atom. The van der Waals surface area contributed by atoms with Crippen molar-refractivity contribution in [2.24, 2.45) is 0 Å². The van der Waals surface area contributed by atoms with E-state index in [1.165, 1.54) is 0 Å². The van der Waals surface area contributed by atoms with Crippen LogP contribution in [-0.4, -0.2) is 90.7 Å². The maximum Gasteiger partial charge on any atom is 0.324 e. The minimum Gasteiger partial charge on any atom is -0.395 e. The Hall–Kier alpha value is -1.18. The SMILES string of the molecule is O=C1CN(CCCCN2CCN(CCO)CC2)C(=O)N1. The predicted octanol–water partition coefficient (Wildman–Crippen LogP) is -1.07. The maximum absolute atomic E-state index is 11.3. The topological polar surface area (TPSA) is 76.1 Å². The standard InChI is InChI=1S/C13H24N4O3/c18-10-9-16-7-5-15(6-8-16)3-1-2-4-17-11-12(19)14-13(17)20/h18H,1-11H2,(H,14,19,20). The quantitative estimate of drug-likeness (QED) is 0.460. The van der Waals surface area contributed by atoms with E-state index in [-0.39, 0.29) is 25.1 Å². The first-order valence-electron chi connectivity index (χ1n) is 7.33. The summed E-state index contributed by atoms with van der Waals surface area (Å²) in [7, 11) is 0. The summed E-state index contributed by atoms with van der Waals surface area (Å²) in [6, 6.07) is -0.257. The highest BCUT2D eigenvalue weighted by molar-refractivity contribution is 6.01. The number of carbonyl (C=O) groups excluding carboxylic acids is 2. The molecule has 0 radical (unpaired) electrons. The number of piperazine rings is 1. The second kappa shape index (κ2) is 7.56. The predicted molar refractivity (Wildman–Crippen MR) is 74.3 cm³/mol. The second-order valence-corrected chi connectivity index (χ2v) is 5.39. The van der Waals surface area contributed by atoms with Crippen molar-refractivity contribution in [3.8, 4) is 0 Å². The number of amides is 3. The molecule has 0 saturated carbocycles. The number of aliphatic hydroxyl groups excluding tert-OH is 1. The first-order valence-corrected chi connectivity index (χ1v) is 7.33. The lowest BCUT2D eigenvalue weighted by molar-refractivity contribution is -0.118. The van der Waals surface area contributed by atoms with E-state index in [0.29, 0.717) is 6.54 Å². The molecule has 114 valence electrons. The molecule has 20 heavy (non-hydrogen) atoms. The highest BCUT2D eigenvalue weighted by atomic mass is 16.3. The van der Waals surface area contributed by atoms with Crippen LogP contribution in [0.5, 0.6) is 0 Å². The zero-order chi connectivity index (χ0) is 14.4. The zero-order valence-electron chi connectivity index (χ0n) is 11.9. The fraction of sp³-hybridized carbons (Fsp3) is 0.846. The lowest BCUT2D eigenvalue weighted by Crippen LogP contribution is -2.47. The van der Waals surface area contributed by atoms with Crippen molar-refractivity contribution < 1.29 is 14.7 Å². The number of unbranched alkanes of at least 4 members (excludes halogenated alkanes) is 1. The third kappa shape index (κ3) is 4.43. The van der Waals surface area contributed by atoms with Crippen LogP contribution in [0.1, 0.15) is 12.8 Å². The van der Waals surface area contributed by atoms with Crippen LogP contribution in [0.3, 0.4) is 0 Å². The largest absolute Gasteiger partial charge is 0.395 e. The van der Waals surface area contributed by atoms with Crippen LogP contribution >= 0.6 is 0 Å². The summed E-state index contributed by atoms with van der Waals surface area (Å²) in [5.41, 5.74) is 0. The molecule has 7 heteroatoms. The van der Waals surface area contributed by atoms with Gasteiger partial charge in [-0.1, -0.05) is 0 Å². The average molecular weight is 284 g/mol. The van der Waals surface area contributed by atoms with E-state index < -0.39 is 0 Å². The number of β-amino-alcohol motifs (C(OH)–C–C–N with tert-alkyl or cyclic N) is 1. The normalized spacial score (nSPS) is 21.6. The Bertz CT molecular complexity index is 343. The molecule has 0 aromatic heterocycles. The van der Waals surface area contributed by atoms with Gasteiger partial charge in [0.05, 0.1) is 6.61 Å². The number of imide groups is 1. The van der Waals surface area contributed by atoms with Crippen molar-refractivity contribution in [2.75, 3.05) is 59.0 Å². The molecule has 0 aromatic rings. The van der Waals surface area contributed by atoms with E-state index in [1.807, 2.05) is 0 Å². The number of hydrogen-bond donors (Lipinski definition) is 2. The number of carbonyl (C=O) groups is 2. The number of nitrogens with zero attached hydrogens (tertiary/aromatic N) is 3. The highest BCUT2D eigenvalue weighted by Crippen LogP contribution is 2.05. The molecular weight excluding hydrogens is 260 g/mol. The van der Waals surface area contributed by atoms with Crippen molar-refractivity contribution in [3.63, 3.8) is 0 Å². The summed E-state index contributed by atoms with van der Waals surface area (Å²) >= 11 is 0. The highest BCUT2D eigenvalue weighted by Gasteiger charge is 2.25. The third-order valence-corrected chi connectivity index (χ3v) is 3.90. The average Bonchev–Trinajstić information content (AvgIpc) is 2.75. The molecule has 0 atom stereocenters. The molecule has 2 rings (SSSR count). The number of hydrogen-bond acceptors (Lipinski definition) is 5. The molecule has 2 aliphatic rings. The van der Waals surface area contributed by atoms with Crippen LogP contribution in [0.25, 0.3) is 0 Å². The van der Waals surface area contributed by atoms with Crippen LogP contribution in [-0.2, 0) is 4.79 Å². The molecule has 7 nitrogen and oxygen atoms in total. The molecule has 2 saturated heterocycles. The van der Waals surface area contributed by atoms with Gasteiger partial charge >= 0.3 is 6.03 Å². The molecular formula is C13H24N4O3. The van der Waals surface area contributed by atoms with Crippen LogP contribution < -0.4 is 5.32 Å². The summed E-state index contributed by atoms with van der Waals surface area (Å²) in [4.78, 5) is 28.6. The molecule has 2 fully saturated rings. The van der Waals surface area contributed by atoms with Gasteiger partial charge in [0.15, 0.2) is 0 Å². The van der Waals surface area contributed by atoms with Gasteiger partial charge in [-0.25, -0.2) is 4.79 Å². The molecule has 3 amide bonds. The molecule has 2 N–H and O–H groups in total. The number of rotatable bonds is 7. The number of aliphatic hydroxyl groups is 1. The van der Waals surface area contributed by atoms with Gasteiger partial charge in [-0.2, -0.15) is 0 Å². The van der Waals surface area contributed by atoms with Crippen LogP contribution in [0.2, 0.25) is 0 Å². The third-order valence-electron chi connectivity index (χ3n) is 3.90. The van der Waals surface area contributed by atoms with Gasteiger partial charge in [0.1, 0.15) is 6.54 Å². The minimum atomic E-state index is -0.257. The second-order valence-electron chi connectivity index (χ2n) is 5.39. The Kier molecular flexibility index (Phi) is 5.75. The van der Waals surface area contributed by atoms with E-state index in [2.05, 4.69) is 15.1 Å². The van der Waals surface area contributed by atoms with E-state index in [9.17, 15) is 9.59 Å². The molecule has 0 unspecified atom stereocenters. The van der Waals surface area contributed by atoms with Gasteiger partial charge in [-0.15, -0.1) is 0 Å². The Balaban J connectivity index is 1.54. The van der Waals surface area contributed by atoms with Gasteiger partial charge in [-0.05, 0) is 19.4 Å². The molecule has 0 spiro atoms. The van der Waals surface area contributed by atoms with Crippen molar-refractivity contribution in [1.82, 2.24) is 20.0 Å². The molecule has 0 bridgehead atoms. The Morgan fingerprint density at radius 1 is 0.950 bits per heavy atom. The molecule has 2 aliphatic heterocycles. The van der Waals surface area contributed by atoms with Crippen molar-refractivity contribution in [2.45, 2.75) is 12.8 Å². The van der Waals surface area contributed by atoms with Crippen LogP contribution in [0.4, 0.5) is 4.79 Å². The maximum atomic E-state index is 11.3. The fourth-order valence-corrected chi connectivity index (χ4v) is 2.68. The first kappa shape index (κ1) is 15.2. The van der Waals surface area contributed by atoms with Gasteiger partial charge in [0, 0.05) is 39.3 Å². The van der Waals surface area contributed by atoms with E-state index >= 15 is 0 Å². The molecule has 0 aromatic carbocycles. The number of urea groups is 1. The van der Waals surface area contributed by atoms with Gasteiger partial charge < -0.3 is 14.9 Å². The number of nitrogens with one attached hydrogen (secondary N) is 1. The van der Waals surface area contributed by atoms with Gasteiger partial charge in [0.25, 0.3) is 0 Å². The monoisotopic (exact) mass is 284 g/mol. The van der Waals surface area contributed by atoms with E-state index in [4.69, 9.17) is 5.11 Å². The Labute approximate surface area is 119 Å². The van der Waals surface area contributed by atoms with Gasteiger partial charge in [-0.3, -0.25) is 15.0 Å². The summed E-state index contributed by atoms with van der Waals surface area (Å²) < 4.78 is 0. The van der Waals surface area contributed by atoms with E-state index in [0.717, 1.165) is 52.1 Å². The Morgan fingerprint density at radius 3 is 2.10 bits per heavy atom. The summed E-state index contributed by atoms with van der Waals surface area (Å²) in [5.74, 6) is -0.199. The molecule has 0 aliphatic carbocycles. The van der Waals surface area contributed by atoms with Crippen molar-refractivity contribution >= 4 is 11.9 Å². The fourth-order valence-electron chi connectivity index (χ4n) is 2.68. The van der Waals surface area contributed by atoms with Crippen LogP contribution in [0, 0.1) is 0 Å². The summed E-state index contributed by atoms with van der Waals surface area (Å²) in [6.45, 7) is 7.03. The summed E-state index contributed by atoms with van der Waals surface area (Å²) in [6.07, 6.45) is 1.97. The van der Waals surface area contributed by atoms with Gasteiger partial charge in [0.2, 0.25) is 5.91 Å². The minimum absolute atomic E-state index is 0.199. The lowest BCUT2D eigenvalue weighted by Gasteiger charge is -2.34. The van der Waals surface area contributed by atoms with E-state index in [1.54, 1.807) is 4.90 Å². The lowest BCUT2D eigenvalue weighted by atomic mass is 10.2. The van der Waals surface area contributed by atoms with Crippen molar-refractivity contribution in [3.05, 3.63) is 0 Å². The molecule has 2 heterocycles. The van der Waals surface area contributed by atoms with Crippen molar-refractivity contribution in [1.29, 1.82) is 0 Å². The summed E-state index contributed by atoms with van der Waals surface area (Å²) in [5, 5.41) is 11.2.